The smallest absolute Gasteiger partial charge is 0.256 e. The molecular weight excluding hydrogens is 344 g/mol. The maximum absolute atomic E-state index is 12.2. The van der Waals surface area contributed by atoms with E-state index in [4.69, 9.17) is 14.9 Å². The standard InChI is InChI=1S/C17H22N2O5S/c1-19(17(20)13-10-15(11-18)24-12-13)8-3-9-23-14-4-6-16(7-5-14)25(2,21)22/h4-7,10,12H,3,8-9,11,18H2,1-2H3. The van der Waals surface area contributed by atoms with Crippen molar-refractivity contribution in [2.24, 2.45) is 5.73 Å². The zero-order valence-corrected chi connectivity index (χ0v) is 15.1. The van der Waals surface area contributed by atoms with E-state index < -0.39 is 9.84 Å². The van der Waals surface area contributed by atoms with Crippen LogP contribution >= 0.6 is 0 Å². The Morgan fingerprint density at radius 3 is 2.52 bits per heavy atom. The molecule has 0 fully saturated rings. The summed E-state index contributed by atoms with van der Waals surface area (Å²) in [6.45, 7) is 1.18. The molecule has 7 nitrogen and oxygen atoms in total. The molecule has 0 aliphatic carbocycles. The first kappa shape index (κ1) is 19.0. The number of furan rings is 1. The fourth-order valence-electron chi connectivity index (χ4n) is 2.20. The van der Waals surface area contributed by atoms with Gasteiger partial charge in [-0.3, -0.25) is 4.79 Å². The van der Waals surface area contributed by atoms with E-state index in [1.165, 1.54) is 18.4 Å². The summed E-state index contributed by atoms with van der Waals surface area (Å²) in [6, 6.07) is 7.89. The van der Waals surface area contributed by atoms with Crippen molar-refractivity contribution in [1.29, 1.82) is 0 Å². The molecule has 0 atom stereocenters. The predicted molar refractivity (Wildman–Crippen MR) is 93.2 cm³/mol. The molecule has 0 spiro atoms. The summed E-state index contributed by atoms with van der Waals surface area (Å²) < 4.78 is 33.5. The first-order chi connectivity index (χ1) is 11.8. The largest absolute Gasteiger partial charge is 0.494 e. The molecule has 1 amide bonds. The quantitative estimate of drug-likeness (QED) is 0.713. The molecule has 2 rings (SSSR count). The Bertz CT molecular complexity index is 812. The Labute approximate surface area is 147 Å². The highest BCUT2D eigenvalue weighted by atomic mass is 32.2. The Morgan fingerprint density at radius 2 is 1.96 bits per heavy atom. The first-order valence-corrected chi connectivity index (χ1v) is 9.66. The lowest BCUT2D eigenvalue weighted by Crippen LogP contribution is -2.28. The molecular formula is C17H22N2O5S. The molecule has 0 saturated carbocycles. The van der Waals surface area contributed by atoms with Crippen molar-refractivity contribution in [2.45, 2.75) is 17.9 Å². The van der Waals surface area contributed by atoms with Crippen LogP contribution in [0.4, 0.5) is 0 Å². The average Bonchev–Trinajstić information content (AvgIpc) is 3.06. The van der Waals surface area contributed by atoms with Gasteiger partial charge >= 0.3 is 0 Å². The summed E-state index contributed by atoms with van der Waals surface area (Å²) in [7, 11) is -1.50. The third-order valence-corrected chi connectivity index (χ3v) is 4.74. The van der Waals surface area contributed by atoms with Gasteiger partial charge in [0.05, 0.1) is 23.6 Å². The van der Waals surface area contributed by atoms with Crippen LogP contribution in [0.5, 0.6) is 5.75 Å². The van der Waals surface area contributed by atoms with E-state index in [1.54, 1.807) is 30.1 Å². The van der Waals surface area contributed by atoms with Gasteiger partial charge in [-0.05, 0) is 36.8 Å². The van der Waals surface area contributed by atoms with Crippen molar-refractivity contribution < 1.29 is 22.4 Å². The lowest BCUT2D eigenvalue weighted by atomic mass is 10.2. The Balaban J connectivity index is 1.77. The second-order valence-electron chi connectivity index (χ2n) is 5.68. The van der Waals surface area contributed by atoms with Crippen LogP contribution in [0.25, 0.3) is 0 Å². The van der Waals surface area contributed by atoms with Crippen LogP contribution in [0.2, 0.25) is 0 Å². The van der Waals surface area contributed by atoms with Crippen LogP contribution in [0, 0.1) is 0 Å². The topological polar surface area (TPSA) is 103 Å². The predicted octanol–water partition coefficient (Wildman–Crippen LogP) is 1.68. The third kappa shape index (κ3) is 5.33. The van der Waals surface area contributed by atoms with Gasteiger partial charge in [-0.1, -0.05) is 0 Å². The number of ether oxygens (including phenoxy) is 1. The Kier molecular flexibility index (Phi) is 6.22. The molecule has 2 N–H and O–H groups in total. The summed E-state index contributed by atoms with van der Waals surface area (Å²) >= 11 is 0. The Morgan fingerprint density at radius 1 is 1.28 bits per heavy atom. The summed E-state index contributed by atoms with van der Waals surface area (Å²) in [5.74, 6) is 1.02. The van der Waals surface area contributed by atoms with Crippen LogP contribution in [0.15, 0.2) is 45.9 Å². The second kappa shape index (κ2) is 8.17. The Hall–Kier alpha value is -2.32. The van der Waals surface area contributed by atoms with E-state index in [0.717, 1.165) is 6.26 Å². The van der Waals surface area contributed by atoms with E-state index in [9.17, 15) is 13.2 Å². The number of sulfone groups is 1. The number of hydrogen-bond donors (Lipinski definition) is 1. The minimum absolute atomic E-state index is 0.138. The third-order valence-electron chi connectivity index (χ3n) is 3.61. The molecule has 0 unspecified atom stereocenters. The molecule has 1 aromatic carbocycles. The van der Waals surface area contributed by atoms with Gasteiger partial charge in [-0.15, -0.1) is 0 Å². The summed E-state index contributed by atoms with van der Waals surface area (Å²) in [4.78, 5) is 14.0. The number of hydrogen-bond acceptors (Lipinski definition) is 6. The minimum Gasteiger partial charge on any atom is -0.494 e. The molecule has 1 heterocycles. The van der Waals surface area contributed by atoms with Crippen molar-refractivity contribution in [2.75, 3.05) is 26.5 Å². The van der Waals surface area contributed by atoms with Crippen molar-refractivity contribution >= 4 is 15.7 Å². The molecule has 0 radical (unpaired) electrons. The van der Waals surface area contributed by atoms with E-state index in [2.05, 4.69) is 0 Å². The monoisotopic (exact) mass is 366 g/mol. The zero-order valence-electron chi connectivity index (χ0n) is 14.3. The molecule has 0 bridgehead atoms. The minimum atomic E-state index is -3.21. The number of nitrogens with two attached hydrogens (primary N) is 1. The average molecular weight is 366 g/mol. The molecule has 0 aliphatic heterocycles. The van der Waals surface area contributed by atoms with Crippen LogP contribution in [-0.4, -0.2) is 45.7 Å². The SMILES string of the molecule is CN(CCCOc1ccc(S(C)(=O)=O)cc1)C(=O)c1coc(CN)c1. The summed E-state index contributed by atoms with van der Waals surface area (Å²) in [5, 5.41) is 0. The molecule has 0 aliphatic rings. The second-order valence-corrected chi connectivity index (χ2v) is 7.69. The van der Waals surface area contributed by atoms with Gasteiger partial charge in [0.25, 0.3) is 5.91 Å². The van der Waals surface area contributed by atoms with Gasteiger partial charge in [0, 0.05) is 19.8 Å². The molecule has 0 saturated heterocycles. The van der Waals surface area contributed by atoms with Crippen molar-refractivity contribution in [3.05, 3.63) is 47.9 Å². The maximum atomic E-state index is 12.2. The summed E-state index contributed by atoms with van der Waals surface area (Å²) in [5.41, 5.74) is 5.93. The number of carbonyl (C=O) groups is 1. The maximum Gasteiger partial charge on any atom is 0.256 e. The van der Waals surface area contributed by atoms with E-state index in [0.29, 0.717) is 36.6 Å². The number of benzene rings is 1. The van der Waals surface area contributed by atoms with E-state index >= 15 is 0 Å². The van der Waals surface area contributed by atoms with Gasteiger partial charge in [-0.2, -0.15) is 0 Å². The van der Waals surface area contributed by atoms with Gasteiger partial charge < -0.3 is 19.8 Å². The normalized spacial score (nSPS) is 11.3. The molecule has 2 aromatic rings. The number of rotatable bonds is 8. The fraction of sp³-hybridized carbons (Fsp3) is 0.353. The number of carbonyl (C=O) groups excluding carboxylic acids is 1. The lowest BCUT2D eigenvalue weighted by Gasteiger charge is -2.16. The van der Waals surface area contributed by atoms with Crippen molar-refractivity contribution in [3.63, 3.8) is 0 Å². The van der Waals surface area contributed by atoms with Gasteiger partial charge in [0.15, 0.2) is 9.84 Å². The van der Waals surface area contributed by atoms with E-state index in [1.807, 2.05) is 0 Å². The summed E-state index contributed by atoms with van der Waals surface area (Å²) in [6.07, 6.45) is 3.20. The molecule has 1 aromatic heterocycles. The van der Waals surface area contributed by atoms with E-state index in [-0.39, 0.29) is 17.3 Å². The highest BCUT2D eigenvalue weighted by Gasteiger charge is 2.14. The van der Waals surface area contributed by atoms with Gasteiger partial charge in [0.2, 0.25) is 0 Å². The van der Waals surface area contributed by atoms with Crippen LogP contribution in [0.3, 0.4) is 0 Å². The highest BCUT2D eigenvalue weighted by molar-refractivity contribution is 7.90. The van der Waals surface area contributed by atoms with Crippen molar-refractivity contribution in [1.82, 2.24) is 4.90 Å². The highest BCUT2D eigenvalue weighted by Crippen LogP contribution is 2.16. The van der Waals surface area contributed by atoms with Crippen LogP contribution < -0.4 is 10.5 Å². The number of amides is 1. The molecule has 136 valence electrons. The van der Waals surface area contributed by atoms with Gasteiger partial charge in [0.1, 0.15) is 17.8 Å². The van der Waals surface area contributed by atoms with Gasteiger partial charge in [-0.25, -0.2) is 8.42 Å². The van der Waals surface area contributed by atoms with Crippen LogP contribution in [-0.2, 0) is 16.4 Å². The first-order valence-electron chi connectivity index (χ1n) is 7.77. The molecule has 25 heavy (non-hydrogen) atoms. The lowest BCUT2D eigenvalue weighted by molar-refractivity contribution is 0.0787. The molecule has 8 heteroatoms. The zero-order chi connectivity index (χ0) is 18.4. The van der Waals surface area contributed by atoms with Crippen LogP contribution in [0.1, 0.15) is 22.5 Å². The fourth-order valence-corrected chi connectivity index (χ4v) is 2.83. The number of nitrogens with zero attached hydrogens (tertiary/aromatic N) is 1. The van der Waals surface area contributed by atoms with Crippen molar-refractivity contribution in [3.8, 4) is 5.75 Å².